The average Bonchev–Trinajstić information content (AvgIpc) is 3.04. The van der Waals surface area contributed by atoms with Crippen molar-refractivity contribution in [3.8, 4) is 0 Å². The van der Waals surface area contributed by atoms with Crippen LogP contribution in [0.5, 0.6) is 0 Å². The summed E-state index contributed by atoms with van der Waals surface area (Å²) in [6, 6.07) is 7.25. The Morgan fingerprint density at radius 1 is 1.20 bits per heavy atom. The lowest BCUT2D eigenvalue weighted by molar-refractivity contribution is -0.276. The molecule has 1 aliphatic rings. The molecule has 0 radical (unpaired) electrons. The van der Waals surface area contributed by atoms with Crippen LogP contribution >= 0.6 is 11.8 Å². The molecule has 5 N–H and O–H groups in total. The van der Waals surface area contributed by atoms with Gasteiger partial charge in [-0.1, -0.05) is 18.2 Å². The van der Waals surface area contributed by atoms with Crippen LogP contribution in [0.3, 0.4) is 0 Å². The summed E-state index contributed by atoms with van der Waals surface area (Å²) >= 11 is 0.856. The molecule has 166 valence electrons. The first-order chi connectivity index (χ1) is 14.1. The van der Waals surface area contributed by atoms with E-state index in [2.05, 4.69) is 4.40 Å². The molecule has 1 saturated heterocycles. The number of aliphatic hydroxyl groups excluding tert-OH is 4. The number of thioether (sulfide) groups is 1. The third-order valence-electron chi connectivity index (χ3n) is 4.62. The van der Waals surface area contributed by atoms with Gasteiger partial charge in [0, 0.05) is 23.8 Å². The number of benzene rings is 1. The predicted molar refractivity (Wildman–Crippen MR) is 108 cm³/mol. The van der Waals surface area contributed by atoms with Gasteiger partial charge in [0.15, 0.2) is 6.29 Å². The molecular weight excluding hydrogens is 440 g/mol. The van der Waals surface area contributed by atoms with Gasteiger partial charge in [-0.15, -0.1) is 16.2 Å². The van der Waals surface area contributed by atoms with E-state index in [0.29, 0.717) is 5.56 Å². The summed E-state index contributed by atoms with van der Waals surface area (Å²) in [5.41, 5.74) is 1.42. The highest BCUT2D eigenvalue weighted by molar-refractivity contribution is 8.14. The average molecular weight is 463 g/mol. The Morgan fingerprint density at radius 2 is 1.90 bits per heavy atom. The van der Waals surface area contributed by atoms with E-state index < -0.39 is 41.0 Å². The molecule has 1 fully saturated rings. The van der Waals surface area contributed by atoms with Gasteiger partial charge in [-0.2, -0.15) is 13.1 Å². The quantitative estimate of drug-likeness (QED) is 0.203. The third kappa shape index (κ3) is 5.12. The highest BCUT2D eigenvalue weighted by Gasteiger charge is 2.42. The summed E-state index contributed by atoms with van der Waals surface area (Å²) in [5, 5.41) is 39.8. The van der Waals surface area contributed by atoms with Gasteiger partial charge in [-0.25, -0.2) is 0 Å². The van der Waals surface area contributed by atoms with Crippen LogP contribution in [0.4, 0.5) is 0 Å². The molecule has 2 aromatic rings. The first-order valence-corrected chi connectivity index (χ1v) is 11.2. The topological polar surface area (TPSA) is 171 Å². The predicted octanol–water partition coefficient (Wildman–Crippen LogP) is -1.02. The fourth-order valence-corrected chi connectivity index (χ4v) is 4.86. The minimum atomic E-state index is -4.71. The summed E-state index contributed by atoms with van der Waals surface area (Å²) in [7, 11) is -3.23. The summed E-state index contributed by atoms with van der Waals surface area (Å²) in [6.45, 7) is 0. The lowest BCUT2D eigenvalue weighted by Crippen LogP contribution is -2.58. The highest BCUT2D eigenvalue weighted by atomic mass is 32.2. The third-order valence-corrected chi connectivity index (χ3v) is 6.25. The second-order valence-electron chi connectivity index (χ2n) is 6.64. The van der Waals surface area contributed by atoms with Gasteiger partial charge in [0.25, 0.3) is 0 Å². The standard InChI is InChI=1S/C17H22N2O9S2/c1-27-19-7-9(10-4-2-3-5-11(10)19)6-13(18-30(24,25)26)29-8-12-14(20)15(21)16(22)17(23)28-12/h2-5,7,12,14-17,20-23H,6,8H2,1H3,(H,24,25,26)/t12-,14-,15+,16-,17-/m1/s1. The normalized spacial score (nSPS) is 28.1. The van der Waals surface area contributed by atoms with Crippen molar-refractivity contribution in [2.75, 3.05) is 12.9 Å². The van der Waals surface area contributed by atoms with E-state index in [-0.39, 0.29) is 17.2 Å². The van der Waals surface area contributed by atoms with Crippen molar-refractivity contribution in [3.63, 3.8) is 0 Å². The summed E-state index contributed by atoms with van der Waals surface area (Å²) in [5.74, 6) is -0.112. The molecule has 1 aromatic heterocycles. The van der Waals surface area contributed by atoms with Gasteiger partial charge < -0.3 is 30.0 Å². The lowest BCUT2D eigenvalue weighted by Gasteiger charge is -2.38. The zero-order valence-electron chi connectivity index (χ0n) is 15.8. The minimum absolute atomic E-state index is 0.0117. The maximum atomic E-state index is 11.4. The van der Waals surface area contributed by atoms with E-state index in [9.17, 15) is 33.4 Å². The molecule has 1 aliphatic heterocycles. The van der Waals surface area contributed by atoms with Crippen LogP contribution in [-0.2, 0) is 21.5 Å². The first kappa shape index (κ1) is 23.0. The van der Waals surface area contributed by atoms with Crippen molar-refractivity contribution in [1.82, 2.24) is 4.73 Å². The zero-order chi connectivity index (χ0) is 22.1. The molecule has 0 aliphatic carbocycles. The van der Waals surface area contributed by atoms with E-state index >= 15 is 0 Å². The Balaban J connectivity index is 1.83. The van der Waals surface area contributed by atoms with Crippen molar-refractivity contribution < 1.29 is 43.0 Å². The molecular formula is C17H22N2O9S2. The van der Waals surface area contributed by atoms with Crippen molar-refractivity contribution in [1.29, 1.82) is 0 Å². The van der Waals surface area contributed by atoms with E-state index in [1.165, 1.54) is 11.8 Å². The second-order valence-corrected chi connectivity index (χ2v) is 8.81. The largest absolute Gasteiger partial charge is 0.417 e. The lowest BCUT2D eigenvalue weighted by atomic mass is 10.0. The number of fused-ring (bicyclic) bond motifs is 1. The molecule has 0 bridgehead atoms. The smallest absolute Gasteiger partial charge is 0.379 e. The maximum Gasteiger partial charge on any atom is 0.379 e. The molecule has 5 atom stereocenters. The first-order valence-electron chi connectivity index (χ1n) is 8.81. The van der Waals surface area contributed by atoms with Crippen LogP contribution in [0, 0.1) is 0 Å². The Morgan fingerprint density at radius 3 is 2.57 bits per heavy atom. The zero-order valence-corrected chi connectivity index (χ0v) is 17.4. The molecule has 1 aromatic carbocycles. The summed E-state index contributed by atoms with van der Waals surface area (Å²) < 4.78 is 41.8. The van der Waals surface area contributed by atoms with Crippen LogP contribution < -0.4 is 4.84 Å². The van der Waals surface area contributed by atoms with E-state index in [1.807, 2.05) is 18.2 Å². The molecule has 3 rings (SSSR count). The minimum Gasteiger partial charge on any atom is -0.417 e. The SMILES string of the molecule is COn1cc(CC(=NS(=O)(=O)O)SC[C@H]2O[C@@H](O)[C@H](O)[C@@H](O)[C@@H]2O)c2ccccc21. The number of aromatic nitrogens is 1. The molecule has 11 nitrogen and oxygen atoms in total. The van der Waals surface area contributed by atoms with Crippen molar-refractivity contribution in [2.24, 2.45) is 4.40 Å². The molecule has 0 unspecified atom stereocenters. The van der Waals surface area contributed by atoms with Gasteiger partial charge in [0.05, 0.1) is 16.7 Å². The van der Waals surface area contributed by atoms with E-state index in [4.69, 9.17) is 9.57 Å². The fourth-order valence-electron chi connectivity index (χ4n) is 3.16. The van der Waals surface area contributed by atoms with E-state index in [0.717, 1.165) is 22.7 Å². The number of rotatable bonds is 6. The number of hydrogen-bond donors (Lipinski definition) is 5. The number of hydrogen-bond acceptors (Lipinski definition) is 9. The summed E-state index contributed by atoms with van der Waals surface area (Å²) in [6.07, 6.45) is -5.99. The van der Waals surface area contributed by atoms with Crippen LogP contribution in [0.1, 0.15) is 5.56 Å². The Labute approximate surface area is 176 Å². The van der Waals surface area contributed by atoms with Crippen molar-refractivity contribution in [3.05, 3.63) is 36.0 Å². The Kier molecular flexibility index (Phi) is 7.04. The van der Waals surface area contributed by atoms with Gasteiger partial charge in [-0.3, -0.25) is 4.55 Å². The fraction of sp³-hybridized carbons (Fsp3) is 0.471. The van der Waals surface area contributed by atoms with E-state index in [1.54, 1.807) is 12.3 Å². The molecule has 0 spiro atoms. The van der Waals surface area contributed by atoms with Crippen molar-refractivity contribution in [2.45, 2.75) is 37.1 Å². The molecule has 30 heavy (non-hydrogen) atoms. The number of ether oxygens (including phenoxy) is 1. The number of para-hydroxylation sites is 1. The molecule has 0 amide bonds. The number of aliphatic hydroxyl groups is 4. The van der Waals surface area contributed by atoms with Gasteiger partial charge in [-0.05, 0) is 11.6 Å². The second kappa shape index (κ2) is 9.20. The maximum absolute atomic E-state index is 11.4. The molecule has 0 saturated carbocycles. The molecule has 13 heteroatoms. The Bertz CT molecular complexity index is 1020. The van der Waals surface area contributed by atoms with Crippen LogP contribution in [0.2, 0.25) is 0 Å². The highest BCUT2D eigenvalue weighted by Crippen LogP contribution is 2.26. The van der Waals surface area contributed by atoms with Gasteiger partial charge in [0.2, 0.25) is 0 Å². The molecule has 2 heterocycles. The van der Waals surface area contributed by atoms with Crippen molar-refractivity contribution >= 4 is 38.0 Å². The van der Waals surface area contributed by atoms with Crippen LogP contribution in [0.25, 0.3) is 10.9 Å². The van der Waals surface area contributed by atoms with Gasteiger partial charge in [0.1, 0.15) is 25.4 Å². The van der Waals surface area contributed by atoms with Crippen LogP contribution in [0.15, 0.2) is 34.9 Å². The monoisotopic (exact) mass is 462 g/mol. The van der Waals surface area contributed by atoms with Crippen LogP contribution in [-0.4, -0.2) is 86.7 Å². The number of nitrogens with zero attached hydrogens (tertiary/aromatic N) is 2. The Hall–Kier alpha value is -1.71. The van der Waals surface area contributed by atoms with Gasteiger partial charge >= 0.3 is 10.3 Å². The summed E-state index contributed by atoms with van der Waals surface area (Å²) in [4.78, 5) is 5.26.